The van der Waals surface area contributed by atoms with Gasteiger partial charge < -0.3 is 15.9 Å². The third-order valence-electron chi connectivity index (χ3n) is 4.02. The second-order valence-electron chi connectivity index (χ2n) is 5.14. The van der Waals surface area contributed by atoms with Gasteiger partial charge in [-0.1, -0.05) is 54.0 Å². The lowest BCUT2D eigenvalue weighted by molar-refractivity contribution is -0.0260. The van der Waals surface area contributed by atoms with Crippen molar-refractivity contribution >= 4 is 22.6 Å². The van der Waals surface area contributed by atoms with Crippen LogP contribution in [-0.2, 0) is 3.42 Å². The van der Waals surface area contributed by atoms with E-state index in [1.807, 2.05) is 12.1 Å². The highest BCUT2D eigenvalue weighted by molar-refractivity contribution is 14.1. The van der Waals surface area contributed by atoms with Crippen LogP contribution in [0.15, 0.2) is 24.3 Å². The zero-order chi connectivity index (χ0) is 13.2. The zero-order valence-electron chi connectivity index (χ0n) is 10.4. The summed E-state index contributed by atoms with van der Waals surface area (Å²) >= 11 is 2.30. The monoisotopic (exact) mass is 361 g/mol. The van der Waals surface area contributed by atoms with Gasteiger partial charge in [0.1, 0.15) is 5.75 Å². The molecule has 1 aliphatic rings. The molecule has 0 amide bonds. The highest BCUT2D eigenvalue weighted by Crippen LogP contribution is 2.48. The van der Waals surface area contributed by atoms with Gasteiger partial charge >= 0.3 is 0 Å². The summed E-state index contributed by atoms with van der Waals surface area (Å²) in [6.07, 6.45) is 4.90. The normalized spacial score (nSPS) is 22.4. The van der Waals surface area contributed by atoms with E-state index in [1.165, 1.54) is 6.42 Å². The molecule has 1 aliphatic carbocycles. The molecule has 0 aromatic heterocycles. The quantitative estimate of drug-likeness (QED) is 0.573. The summed E-state index contributed by atoms with van der Waals surface area (Å²) in [5, 5.41) is 20.3. The number of hydrogen-bond donors (Lipinski definition) is 3. The SMILES string of the molecule is NCC(I)(c1ccc(O)cc1)C1(O)CCCCC1. The van der Waals surface area contributed by atoms with E-state index in [0.29, 0.717) is 6.54 Å². The molecule has 1 aromatic rings. The molecule has 4 heteroatoms. The molecule has 18 heavy (non-hydrogen) atoms. The fraction of sp³-hybridized carbons (Fsp3) is 0.571. The van der Waals surface area contributed by atoms with E-state index in [-0.39, 0.29) is 5.75 Å². The van der Waals surface area contributed by atoms with Crippen molar-refractivity contribution < 1.29 is 10.2 Å². The predicted molar refractivity (Wildman–Crippen MR) is 80.9 cm³/mol. The average molecular weight is 361 g/mol. The van der Waals surface area contributed by atoms with Crippen LogP contribution in [0, 0.1) is 0 Å². The van der Waals surface area contributed by atoms with Crippen LogP contribution in [0.1, 0.15) is 37.7 Å². The van der Waals surface area contributed by atoms with Crippen LogP contribution < -0.4 is 5.73 Å². The molecule has 0 heterocycles. The number of phenolic OH excluding ortho intramolecular Hbond substituents is 1. The Morgan fingerprint density at radius 1 is 1.17 bits per heavy atom. The van der Waals surface area contributed by atoms with E-state index in [2.05, 4.69) is 22.6 Å². The molecule has 4 N–H and O–H groups in total. The van der Waals surface area contributed by atoms with Gasteiger partial charge in [-0.05, 0) is 30.5 Å². The van der Waals surface area contributed by atoms with Crippen molar-refractivity contribution in [3.63, 3.8) is 0 Å². The van der Waals surface area contributed by atoms with E-state index in [0.717, 1.165) is 31.2 Å². The van der Waals surface area contributed by atoms with Crippen molar-refractivity contribution in [2.45, 2.75) is 41.1 Å². The molecule has 3 nitrogen and oxygen atoms in total. The van der Waals surface area contributed by atoms with Gasteiger partial charge in [-0.3, -0.25) is 0 Å². The minimum absolute atomic E-state index is 0.241. The summed E-state index contributed by atoms with van der Waals surface area (Å²) < 4.78 is -0.473. The van der Waals surface area contributed by atoms with Crippen LogP contribution in [-0.4, -0.2) is 22.4 Å². The van der Waals surface area contributed by atoms with Crippen LogP contribution in [0.2, 0.25) is 0 Å². The lowest BCUT2D eigenvalue weighted by Gasteiger charge is -2.45. The van der Waals surface area contributed by atoms with E-state index in [1.54, 1.807) is 12.1 Å². The maximum absolute atomic E-state index is 11.0. The van der Waals surface area contributed by atoms with Crippen molar-refractivity contribution in [2.24, 2.45) is 5.73 Å². The first kappa shape index (κ1) is 14.1. The molecule has 1 fully saturated rings. The smallest absolute Gasteiger partial charge is 0.115 e. The van der Waals surface area contributed by atoms with E-state index < -0.39 is 9.02 Å². The van der Waals surface area contributed by atoms with Gasteiger partial charge in [0.2, 0.25) is 0 Å². The Morgan fingerprint density at radius 2 is 1.72 bits per heavy atom. The van der Waals surface area contributed by atoms with Gasteiger partial charge in [0, 0.05) is 6.54 Å². The van der Waals surface area contributed by atoms with Crippen molar-refractivity contribution in [3.8, 4) is 5.75 Å². The van der Waals surface area contributed by atoms with Gasteiger partial charge in [-0.2, -0.15) is 0 Å². The Bertz CT molecular complexity index is 401. The number of alkyl halides is 1. The van der Waals surface area contributed by atoms with Crippen molar-refractivity contribution in [1.82, 2.24) is 0 Å². The molecule has 0 saturated heterocycles. The molecular formula is C14H20INO2. The molecule has 0 bridgehead atoms. The molecule has 1 atom stereocenters. The Hall–Kier alpha value is -0.330. The summed E-state index contributed by atoms with van der Waals surface area (Å²) in [4.78, 5) is 0. The second kappa shape index (κ2) is 5.35. The maximum atomic E-state index is 11.0. The topological polar surface area (TPSA) is 66.5 Å². The van der Waals surface area contributed by atoms with E-state index in [4.69, 9.17) is 5.73 Å². The Kier molecular flexibility index (Phi) is 4.18. The third kappa shape index (κ3) is 2.38. The molecule has 0 spiro atoms. The second-order valence-corrected chi connectivity index (χ2v) is 6.99. The van der Waals surface area contributed by atoms with E-state index in [9.17, 15) is 10.2 Å². The van der Waals surface area contributed by atoms with Gasteiger partial charge in [-0.15, -0.1) is 0 Å². The zero-order valence-corrected chi connectivity index (χ0v) is 12.6. The first-order valence-corrected chi connectivity index (χ1v) is 7.51. The molecule has 1 aromatic carbocycles. The first-order valence-electron chi connectivity index (χ1n) is 6.43. The molecular weight excluding hydrogens is 341 g/mol. The minimum Gasteiger partial charge on any atom is -0.508 e. The average Bonchev–Trinajstić information content (AvgIpc) is 2.39. The number of nitrogens with two attached hydrogens (primary N) is 1. The van der Waals surface area contributed by atoms with Gasteiger partial charge in [0.15, 0.2) is 0 Å². The number of aliphatic hydroxyl groups is 1. The van der Waals surface area contributed by atoms with Gasteiger partial charge in [0.05, 0.1) is 9.02 Å². The molecule has 2 rings (SSSR count). The largest absolute Gasteiger partial charge is 0.508 e. The number of hydrogen-bond acceptors (Lipinski definition) is 3. The summed E-state index contributed by atoms with van der Waals surface area (Å²) in [5.74, 6) is 0.241. The molecule has 0 radical (unpaired) electrons. The number of aromatic hydroxyl groups is 1. The molecule has 1 unspecified atom stereocenters. The predicted octanol–water partition coefficient (Wildman–Crippen LogP) is 2.68. The van der Waals surface area contributed by atoms with Crippen LogP contribution >= 0.6 is 22.6 Å². The Morgan fingerprint density at radius 3 is 2.22 bits per heavy atom. The van der Waals surface area contributed by atoms with Crippen molar-refractivity contribution in [1.29, 1.82) is 0 Å². The number of halogens is 1. The van der Waals surface area contributed by atoms with Crippen LogP contribution in [0.3, 0.4) is 0 Å². The molecule has 0 aliphatic heterocycles. The fourth-order valence-corrected chi connectivity index (χ4v) is 3.73. The molecule has 1 saturated carbocycles. The fourth-order valence-electron chi connectivity index (χ4n) is 2.84. The van der Waals surface area contributed by atoms with Gasteiger partial charge in [-0.25, -0.2) is 0 Å². The highest BCUT2D eigenvalue weighted by atomic mass is 127. The molecule has 100 valence electrons. The summed E-state index contributed by atoms with van der Waals surface area (Å²) in [6.45, 7) is 0.398. The van der Waals surface area contributed by atoms with Crippen LogP contribution in [0.4, 0.5) is 0 Å². The minimum atomic E-state index is -0.739. The highest BCUT2D eigenvalue weighted by Gasteiger charge is 2.49. The van der Waals surface area contributed by atoms with Crippen molar-refractivity contribution in [3.05, 3.63) is 29.8 Å². The first-order chi connectivity index (χ1) is 8.52. The Balaban J connectivity index is 2.37. The maximum Gasteiger partial charge on any atom is 0.115 e. The lowest BCUT2D eigenvalue weighted by Crippen LogP contribution is -2.53. The van der Waals surface area contributed by atoms with Gasteiger partial charge in [0.25, 0.3) is 0 Å². The summed E-state index contributed by atoms with van der Waals surface area (Å²) in [6, 6.07) is 7.04. The standard InChI is InChI=1S/C14H20INO2/c15-14(10-16,11-4-6-12(17)7-5-11)13(18)8-2-1-3-9-13/h4-7,17-18H,1-3,8-10,16H2. The number of rotatable bonds is 3. The van der Waals surface area contributed by atoms with Crippen LogP contribution in [0.5, 0.6) is 5.75 Å². The Labute approximate surface area is 122 Å². The lowest BCUT2D eigenvalue weighted by atomic mass is 9.72. The number of phenols is 1. The summed E-state index contributed by atoms with van der Waals surface area (Å²) in [5.41, 5.74) is 6.22. The number of benzene rings is 1. The van der Waals surface area contributed by atoms with Crippen molar-refractivity contribution in [2.75, 3.05) is 6.54 Å². The van der Waals surface area contributed by atoms with Crippen LogP contribution in [0.25, 0.3) is 0 Å². The van der Waals surface area contributed by atoms with E-state index >= 15 is 0 Å². The third-order valence-corrected chi connectivity index (χ3v) is 6.09. The summed E-state index contributed by atoms with van der Waals surface area (Å²) in [7, 11) is 0.